The van der Waals surface area contributed by atoms with Gasteiger partial charge in [-0.15, -0.1) is 0 Å². The topological polar surface area (TPSA) is 216 Å². The van der Waals surface area contributed by atoms with Gasteiger partial charge >= 0.3 is 0 Å². The highest BCUT2D eigenvalue weighted by atomic mass is 16.7. The first-order valence-electron chi connectivity index (χ1n) is 19.2. The number of ether oxygens (including phenoxy) is 8. The molecule has 1 aromatic rings. The van der Waals surface area contributed by atoms with Gasteiger partial charge in [-0.2, -0.15) is 0 Å². The Labute approximate surface area is 324 Å². The minimum Gasteiger partial charge on any atom is -0.493 e. The molecular weight excluding hydrogens is 722 g/mol. The van der Waals surface area contributed by atoms with Gasteiger partial charge in [0.2, 0.25) is 0 Å². The zero-order chi connectivity index (χ0) is 40.7. The van der Waals surface area contributed by atoms with Gasteiger partial charge in [0, 0.05) is 20.1 Å². The zero-order valence-electron chi connectivity index (χ0n) is 33.5. The van der Waals surface area contributed by atoms with Crippen molar-refractivity contribution in [3.8, 4) is 11.5 Å². The first-order valence-corrected chi connectivity index (χ1v) is 19.2. The monoisotopic (exact) mass is 787 g/mol. The lowest BCUT2D eigenvalue weighted by molar-refractivity contribution is -0.314. The van der Waals surface area contributed by atoms with Crippen LogP contribution in [0.5, 0.6) is 11.5 Å². The standard InChI is InChI=1S/C38H65N3O14/c1-22(2)52-32-28(43)29(44)37(54-33(32)35(46)40-17-15-24-13-14-25(48-7)26(21-24)49-8)51-20-19-50-31-27(42)30(45)38(53-23(3)4)55-34(31)36(47)41(6)18-12-10-9-11-16-39-5/h13-14,21-23,27-34,37-39,42-45H,9-12,15-20H2,1-8H3,(H,40,46)/t27-,28-,29+,30+,31+,32+,33?,34?,37-,38-/m1/s1. The van der Waals surface area contributed by atoms with E-state index in [4.69, 9.17) is 37.9 Å². The number of benzene rings is 1. The Morgan fingerprint density at radius 1 is 0.764 bits per heavy atom. The molecule has 0 aliphatic carbocycles. The van der Waals surface area contributed by atoms with E-state index in [0.717, 1.165) is 37.8 Å². The molecular formula is C38H65N3O14. The summed E-state index contributed by atoms with van der Waals surface area (Å²) in [7, 11) is 6.62. The molecule has 0 aromatic heterocycles. The molecule has 316 valence electrons. The van der Waals surface area contributed by atoms with Crippen LogP contribution in [0, 0.1) is 0 Å². The van der Waals surface area contributed by atoms with Crippen LogP contribution < -0.4 is 20.1 Å². The molecule has 2 amide bonds. The summed E-state index contributed by atoms with van der Waals surface area (Å²) in [5.74, 6) is 0.0952. The van der Waals surface area contributed by atoms with Gasteiger partial charge in [-0.05, 0) is 78.2 Å². The third-order valence-corrected chi connectivity index (χ3v) is 9.31. The number of nitrogens with one attached hydrogen (secondary N) is 2. The van der Waals surface area contributed by atoms with Gasteiger partial charge in [-0.25, -0.2) is 0 Å². The third-order valence-electron chi connectivity index (χ3n) is 9.31. The van der Waals surface area contributed by atoms with Gasteiger partial charge in [0.25, 0.3) is 11.8 Å². The number of rotatable bonds is 23. The number of carbonyl (C=O) groups excluding carboxylic acids is 2. The highest BCUT2D eigenvalue weighted by Gasteiger charge is 2.51. The molecule has 2 unspecified atom stereocenters. The van der Waals surface area contributed by atoms with Gasteiger partial charge in [-0.3, -0.25) is 9.59 Å². The first kappa shape index (κ1) is 46.7. The highest BCUT2D eigenvalue weighted by molar-refractivity contribution is 5.82. The maximum Gasteiger partial charge on any atom is 0.254 e. The second-order valence-corrected chi connectivity index (χ2v) is 14.4. The fourth-order valence-corrected chi connectivity index (χ4v) is 6.40. The van der Waals surface area contributed by atoms with Gasteiger partial charge in [0.15, 0.2) is 36.3 Å². The third kappa shape index (κ3) is 13.7. The molecule has 2 aliphatic rings. The van der Waals surface area contributed by atoms with E-state index < -0.39 is 79.3 Å². The number of likely N-dealkylation sites (N-methyl/N-ethyl adjacent to an activating group) is 1. The molecule has 17 nitrogen and oxygen atoms in total. The van der Waals surface area contributed by atoms with Crippen molar-refractivity contribution in [2.75, 3.05) is 61.2 Å². The summed E-state index contributed by atoms with van der Waals surface area (Å²) in [4.78, 5) is 28.6. The van der Waals surface area contributed by atoms with Crippen LogP contribution in [0.3, 0.4) is 0 Å². The van der Waals surface area contributed by atoms with Crippen LogP contribution in [0.1, 0.15) is 58.9 Å². The molecule has 0 bridgehead atoms. The number of nitrogens with zero attached hydrogens (tertiary/aromatic N) is 1. The number of unbranched alkanes of at least 4 members (excludes halogenated alkanes) is 3. The Morgan fingerprint density at radius 3 is 2.04 bits per heavy atom. The smallest absolute Gasteiger partial charge is 0.254 e. The molecule has 55 heavy (non-hydrogen) atoms. The summed E-state index contributed by atoms with van der Waals surface area (Å²) in [5, 5.41) is 49.8. The quantitative estimate of drug-likeness (QED) is 0.0813. The van der Waals surface area contributed by atoms with E-state index in [1.54, 1.807) is 54.0 Å². The summed E-state index contributed by atoms with van der Waals surface area (Å²) in [6.45, 7) is 8.02. The molecule has 0 spiro atoms. The number of aliphatic hydroxyl groups is 4. The Hall–Kier alpha value is -2.68. The van der Waals surface area contributed by atoms with Crippen LogP contribution in [-0.4, -0.2) is 172 Å². The second-order valence-electron chi connectivity index (χ2n) is 14.4. The van der Waals surface area contributed by atoms with Crippen LogP contribution >= 0.6 is 0 Å². The van der Waals surface area contributed by atoms with Crippen molar-refractivity contribution in [3.05, 3.63) is 23.8 Å². The van der Waals surface area contributed by atoms with Crippen LogP contribution in [-0.2, 0) is 44.4 Å². The lowest BCUT2D eigenvalue weighted by atomic mass is 9.97. The van der Waals surface area contributed by atoms with E-state index in [2.05, 4.69) is 10.6 Å². The normalized spacial score (nSPS) is 28.3. The van der Waals surface area contributed by atoms with Crippen molar-refractivity contribution in [1.82, 2.24) is 15.5 Å². The predicted molar refractivity (Wildman–Crippen MR) is 200 cm³/mol. The number of hydrogen-bond acceptors (Lipinski definition) is 15. The van der Waals surface area contributed by atoms with Crippen molar-refractivity contribution in [2.45, 2.75) is 133 Å². The van der Waals surface area contributed by atoms with Gasteiger partial charge in [0.05, 0.1) is 39.6 Å². The maximum absolute atomic E-state index is 13.6. The Balaban J connectivity index is 1.64. The molecule has 1 aromatic carbocycles. The average Bonchev–Trinajstić information content (AvgIpc) is 3.15. The molecule has 0 radical (unpaired) electrons. The number of amides is 2. The molecule has 6 N–H and O–H groups in total. The fourth-order valence-electron chi connectivity index (χ4n) is 6.40. The lowest BCUT2D eigenvalue weighted by Gasteiger charge is -2.43. The van der Waals surface area contributed by atoms with Crippen molar-refractivity contribution >= 4 is 11.8 Å². The van der Waals surface area contributed by atoms with Crippen molar-refractivity contribution < 1.29 is 67.9 Å². The van der Waals surface area contributed by atoms with Crippen LogP contribution in [0.4, 0.5) is 0 Å². The van der Waals surface area contributed by atoms with E-state index in [9.17, 15) is 30.0 Å². The first-order chi connectivity index (χ1) is 26.2. The van der Waals surface area contributed by atoms with E-state index in [1.807, 2.05) is 13.1 Å². The SMILES string of the molecule is CNCCCCCCN(C)C(=O)C1O[C@@H](OC(C)C)[C@@H](O)[C@@H](O)[C@@H]1OCCO[C@@H]1OC(C(=O)NCCc2ccc(OC)c(OC)c2)[C@@H](OC(C)C)[C@H](O)[C@@H]1O. The van der Waals surface area contributed by atoms with Crippen molar-refractivity contribution in [1.29, 1.82) is 0 Å². The molecule has 17 heteroatoms. The molecule has 0 saturated carbocycles. The molecule has 3 rings (SSSR count). The summed E-state index contributed by atoms with van der Waals surface area (Å²) in [6.07, 6.45) is -10.7. The average molecular weight is 788 g/mol. The fraction of sp³-hybridized carbons (Fsp3) is 0.789. The summed E-state index contributed by atoms with van der Waals surface area (Å²) < 4.78 is 45.6. The Kier molecular flexibility index (Phi) is 20.0. The summed E-state index contributed by atoms with van der Waals surface area (Å²) >= 11 is 0. The molecule has 2 fully saturated rings. The van der Waals surface area contributed by atoms with E-state index in [-0.39, 0.29) is 25.9 Å². The van der Waals surface area contributed by atoms with Crippen LogP contribution in [0.25, 0.3) is 0 Å². The largest absolute Gasteiger partial charge is 0.493 e. The maximum atomic E-state index is 13.6. The molecule has 10 atom stereocenters. The Morgan fingerprint density at radius 2 is 1.38 bits per heavy atom. The number of methoxy groups -OCH3 is 2. The van der Waals surface area contributed by atoms with E-state index in [0.29, 0.717) is 24.5 Å². The molecule has 2 aliphatic heterocycles. The van der Waals surface area contributed by atoms with Crippen molar-refractivity contribution in [3.63, 3.8) is 0 Å². The number of carbonyl (C=O) groups is 2. The van der Waals surface area contributed by atoms with Gasteiger partial charge < -0.3 is 73.9 Å². The summed E-state index contributed by atoms with van der Waals surface area (Å²) in [6, 6.07) is 5.43. The van der Waals surface area contributed by atoms with Crippen molar-refractivity contribution in [2.24, 2.45) is 0 Å². The second kappa shape index (κ2) is 23.5. The predicted octanol–water partition coefficient (Wildman–Crippen LogP) is 0.115. The summed E-state index contributed by atoms with van der Waals surface area (Å²) in [5.41, 5.74) is 0.879. The minimum atomic E-state index is -1.60. The Bertz CT molecular complexity index is 1290. The van der Waals surface area contributed by atoms with Crippen LogP contribution in [0.2, 0.25) is 0 Å². The van der Waals surface area contributed by atoms with E-state index >= 15 is 0 Å². The lowest BCUT2D eigenvalue weighted by Crippen LogP contribution is -2.64. The highest BCUT2D eigenvalue weighted by Crippen LogP contribution is 2.30. The van der Waals surface area contributed by atoms with Gasteiger partial charge in [-0.1, -0.05) is 18.9 Å². The van der Waals surface area contributed by atoms with Crippen LogP contribution in [0.15, 0.2) is 18.2 Å². The van der Waals surface area contributed by atoms with Gasteiger partial charge in [0.1, 0.15) is 36.6 Å². The van der Waals surface area contributed by atoms with E-state index in [1.165, 1.54) is 12.0 Å². The zero-order valence-corrected chi connectivity index (χ0v) is 33.5. The molecule has 2 saturated heterocycles. The number of aliphatic hydroxyl groups excluding tert-OH is 4. The number of hydrogen-bond donors (Lipinski definition) is 6. The molecule has 2 heterocycles. The minimum absolute atomic E-state index is 0.215.